The van der Waals surface area contributed by atoms with Gasteiger partial charge >= 0.3 is 0 Å². The van der Waals surface area contributed by atoms with E-state index in [9.17, 15) is 20.2 Å². The average Bonchev–Trinajstić information content (AvgIpc) is 3.20. The van der Waals surface area contributed by atoms with E-state index < -0.39 is 11.3 Å². The summed E-state index contributed by atoms with van der Waals surface area (Å²) in [6.45, 7) is 4.19. The van der Waals surface area contributed by atoms with E-state index >= 15 is 0 Å². The molecule has 0 fully saturated rings. The predicted octanol–water partition coefficient (Wildman–Crippen LogP) is 5.02. The van der Waals surface area contributed by atoms with Crippen molar-refractivity contribution < 1.29 is 9.85 Å². The molecular formula is C26H28N6O4. The molecule has 0 aromatic heterocycles. The maximum Gasteiger partial charge on any atom is 0.271 e. The van der Waals surface area contributed by atoms with Crippen molar-refractivity contribution in [3.63, 3.8) is 0 Å². The lowest BCUT2D eigenvalue weighted by Gasteiger charge is -2.42. The molecule has 0 unspecified atom stereocenters. The number of anilines is 4. The first-order chi connectivity index (χ1) is 16.9. The van der Waals surface area contributed by atoms with E-state index in [4.69, 9.17) is 0 Å². The van der Waals surface area contributed by atoms with Crippen LogP contribution in [0.5, 0.6) is 0 Å². The largest absolute Gasteiger partial charge is 0.347 e. The Hall–Kier alpha value is -4.34. The number of nitro groups is 2. The van der Waals surface area contributed by atoms with Crippen molar-refractivity contribution in [3.8, 4) is 0 Å². The first-order valence-electron chi connectivity index (χ1n) is 11.6. The number of nitro benzene ring substituents is 2. The lowest BCUT2D eigenvalue weighted by Crippen LogP contribution is -2.50. The monoisotopic (exact) mass is 488 g/mol. The maximum absolute atomic E-state index is 11.3. The van der Waals surface area contributed by atoms with Crippen LogP contribution in [0.4, 0.5) is 34.1 Å². The number of hydrogen-bond donors (Lipinski definition) is 0. The Morgan fingerprint density at radius 3 is 1.17 bits per heavy atom. The molecule has 2 atom stereocenters. The van der Waals surface area contributed by atoms with Gasteiger partial charge in [0, 0.05) is 52.5 Å². The smallest absolute Gasteiger partial charge is 0.271 e. The van der Waals surface area contributed by atoms with E-state index in [2.05, 4.69) is 57.7 Å². The van der Waals surface area contributed by atoms with Gasteiger partial charge < -0.3 is 19.6 Å². The molecule has 0 spiro atoms. The van der Waals surface area contributed by atoms with Gasteiger partial charge in [-0.3, -0.25) is 20.2 Å². The van der Waals surface area contributed by atoms with Crippen LogP contribution in [0.3, 0.4) is 0 Å². The van der Waals surface area contributed by atoms with Gasteiger partial charge in [-0.15, -0.1) is 0 Å². The zero-order valence-corrected chi connectivity index (χ0v) is 21.1. The molecule has 2 aliphatic heterocycles. The Kier molecular flexibility index (Phi) is 4.93. The summed E-state index contributed by atoms with van der Waals surface area (Å²) in [5, 5.41) is 22.7. The first-order valence-corrected chi connectivity index (χ1v) is 11.6. The molecule has 2 aliphatic rings. The van der Waals surface area contributed by atoms with Crippen LogP contribution in [0.15, 0.2) is 60.7 Å². The van der Waals surface area contributed by atoms with Crippen LogP contribution in [-0.4, -0.2) is 38.0 Å². The maximum atomic E-state index is 11.3. The van der Waals surface area contributed by atoms with Crippen LogP contribution in [0.2, 0.25) is 0 Å². The van der Waals surface area contributed by atoms with Crippen molar-refractivity contribution in [2.75, 3.05) is 47.8 Å². The molecule has 2 heterocycles. The molecular weight excluding hydrogens is 460 g/mol. The fourth-order valence-electron chi connectivity index (χ4n) is 5.62. The van der Waals surface area contributed by atoms with Gasteiger partial charge in [0.2, 0.25) is 0 Å². The number of rotatable bonds is 4. The number of fused-ring (bicyclic) bond motifs is 2. The second-order valence-corrected chi connectivity index (χ2v) is 9.72. The second-order valence-electron chi connectivity index (χ2n) is 9.72. The molecule has 10 heteroatoms. The summed E-state index contributed by atoms with van der Waals surface area (Å²) in [6.07, 6.45) is 0. The number of non-ortho nitro benzene ring substituents is 2. The number of benzene rings is 3. The van der Waals surface area contributed by atoms with Gasteiger partial charge in [0.05, 0.1) is 32.6 Å². The Balaban J connectivity index is 1.51. The van der Waals surface area contributed by atoms with Gasteiger partial charge in [-0.1, -0.05) is 24.3 Å². The predicted molar refractivity (Wildman–Crippen MR) is 141 cm³/mol. The Bertz CT molecular complexity index is 1300. The van der Waals surface area contributed by atoms with Gasteiger partial charge in [0.25, 0.3) is 11.4 Å². The molecule has 0 radical (unpaired) electrons. The quantitative estimate of drug-likeness (QED) is 0.373. The van der Waals surface area contributed by atoms with Gasteiger partial charge in [-0.2, -0.15) is 0 Å². The zero-order valence-electron chi connectivity index (χ0n) is 21.1. The van der Waals surface area contributed by atoms with Gasteiger partial charge in [-0.05, 0) is 37.1 Å². The topological polar surface area (TPSA) is 99.2 Å². The molecule has 0 bridgehead atoms. The van der Waals surface area contributed by atoms with Crippen molar-refractivity contribution in [1.82, 2.24) is 0 Å². The minimum atomic E-state index is -0.548. The van der Waals surface area contributed by atoms with Gasteiger partial charge in [0.15, 0.2) is 0 Å². The highest BCUT2D eigenvalue weighted by Gasteiger charge is 2.46. The molecule has 3 aromatic carbocycles. The van der Waals surface area contributed by atoms with E-state index in [1.165, 1.54) is 12.1 Å². The van der Waals surface area contributed by atoms with Crippen LogP contribution in [0.1, 0.15) is 25.0 Å². The normalized spacial score (nSPS) is 22.6. The molecule has 10 nitrogen and oxygen atoms in total. The first kappa shape index (κ1) is 23.4. The molecule has 3 aromatic rings. The standard InChI is InChI=1S/C26H28N6O4/c1-25(27(3)21-13-11-19(31(33)34)15-23(21)29(25)5)17-7-9-18(10-8-17)26(2)28(4)22-14-12-20(32(35)36)16-24(22)30(26)6/h7-16H,1-6H3/t25-,26-/m1/s1. The van der Waals surface area contributed by atoms with Crippen LogP contribution < -0.4 is 19.6 Å². The van der Waals surface area contributed by atoms with Crippen molar-refractivity contribution in [2.45, 2.75) is 25.2 Å². The molecule has 0 aliphatic carbocycles. The molecule has 186 valence electrons. The molecule has 0 saturated carbocycles. The third-order valence-corrected chi connectivity index (χ3v) is 8.38. The Morgan fingerprint density at radius 2 is 0.861 bits per heavy atom. The summed E-state index contributed by atoms with van der Waals surface area (Å²) in [7, 11) is 7.88. The summed E-state index contributed by atoms with van der Waals surface area (Å²) in [5.74, 6) is 0. The van der Waals surface area contributed by atoms with E-state index in [1.807, 2.05) is 28.2 Å². The highest BCUT2D eigenvalue weighted by atomic mass is 16.6. The molecule has 0 amide bonds. The van der Waals surface area contributed by atoms with Crippen molar-refractivity contribution in [3.05, 3.63) is 92.0 Å². The van der Waals surface area contributed by atoms with E-state index in [0.717, 1.165) is 33.9 Å². The van der Waals surface area contributed by atoms with E-state index in [-0.39, 0.29) is 21.2 Å². The highest BCUT2D eigenvalue weighted by molar-refractivity contribution is 5.83. The lowest BCUT2D eigenvalue weighted by atomic mass is 9.93. The summed E-state index contributed by atoms with van der Waals surface area (Å²) < 4.78 is 0. The summed E-state index contributed by atoms with van der Waals surface area (Å²) in [4.78, 5) is 30.3. The summed E-state index contributed by atoms with van der Waals surface area (Å²) in [6, 6.07) is 18.2. The molecule has 0 N–H and O–H groups in total. The van der Waals surface area contributed by atoms with E-state index in [1.54, 1.807) is 24.3 Å². The minimum Gasteiger partial charge on any atom is -0.347 e. The third-order valence-electron chi connectivity index (χ3n) is 8.38. The zero-order chi connectivity index (χ0) is 26.2. The second kappa shape index (κ2) is 7.58. The lowest BCUT2D eigenvalue weighted by molar-refractivity contribution is -0.385. The summed E-state index contributed by atoms with van der Waals surface area (Å²) in [5.41, 5.74) is 4.56. The average molecular weight is 489 g/mol. The van der Waals surface area contributed by atoms with Gasteiger partial charge in [-0.25, -0.2) is 0 Å². The van der Waals surface area contributed by atoms with Crippen LogP contribution in [0.25, 0.3) is 0 Å². The highest BCUT2D eigenvalue weighted by Crippen LogP contribution is 2.51. The fourth-order valence-corrected chi connectivity index (χ4v) is 5.62. The van der Waals surface area contributed by atoms with Crippen LogP contribution in [-0.2, 0) is 11.3 Å². The minimum absolute atomic E-state index is 0.0635. The Morgan fingerprint density at radius 1 is 0.556 bits per heavy atom. The van der Waals surface area contributed by atoms with Gasteiger partial charge in [0.1, 0.15) is 11.3 Å². The number of nitrogens with zero attached hydrogens (tertiary/aromatic N) is 6. The van der Waals surface area contributed by atoms with Crippen molar-refractivity contribution in [1.29, 1.82) is 0 Å². The third kappa shape index (κ3) is 2.90. The number of hydrogen-bond acceptors (Lipinski definition) is 8. The summed E-state index contributed by atoms with van der Waals surface area (Å²) >= 11 is 0. The molecule has 0 saturated heterocycles. The molecule has 36 heavy (non-hydrogen) atoms. The fraction of sp³-hybridized carbons (Fsp3) is 0.308. The SMILES string of the molecule is CN1c2ccc([N+](=O)[O-])cc2N(C)[C@]1(C)c1ccc([C@]2(C)N(C)c3ccc([N+](=O)[O-])cc3N2C)cc1. The van der Waals surface area contributed by atoms with E-state index in [0.29, 0.717) is 0 Å². The van der Waals surface area contributed by atoms with Crippen molar-refractivity contribution in [2.24, 2.45) is 0 Å². The van der Waals surface area contributed by atoms with Crippen LogP contribution >= 0.6 is 0 Å². The Labute approximate surface area is 209 Å². The van der Waals surface area contributed by atoms with Crippen LogP contribution in [0, 0.1) is 20.2 Å². The molecule has 5 rings (SSSR count). The van der Waals surface area contributed by atoms with Crippen molar-refractivity contribution >= 4 is 34.1 Å².